The Morgan fingerprint density at radius 2 is 0.750 bits per heavy atom. The first-order chi connectivity index (χ1) is 10.9. The fourth-order valence-corrected chi connectivity index (χ4v) is 2.27. The smallest absolute Gasteiger partial charge is 0.336 e. The number of carbonyl (C=O) groups is 6. The Kier molecular flexibility index (Phi) is 4.20. The van der Waals surface area contributed by atoms with Crippen LogP contribution in [0.4, 0.5) is 0 Å². The second kappa shape index (κ2) is 5.49. The molecule has 0 radical (unpaired) electrons. The summed E-state index contributed by atoms with van der Waals surface area (Å²) in [4.78, 5) is 68.1. The Morgan fingerprint density at radius 3 is 0.875 bits per heavy atom. The number of hydrogen-bond donors (Lipinski definition) is 6. The highest BCUT2D eigenvalue weighted by Gasteiger charge is 2.72. The lowest BCUT2D eigenvalue weighted by Crippen LogP contribution is -2.61. The van der Waals surface area contributed by atoms with Crippen LogP contribution in [-0.2, 0) is 28.8 Å². The lowest BCUT2D eigenvalue weighted by atomic mass is 9.58. The van der Waals surface area contributed by atoms with Crippen LogP contribution in [0.2, 0.25) is 0 Å². The third kappa shape index (κ3) is 2.08. The third-order valence-corrected chi connectivity index (χ3v) is 3.44. The topological polar surface area (TPSA) is 224 Å². The first-order valence-electron chi connectivity index (χ1n) is 5.72. The molecule has 0 aromatic carbocycles. The second-order valence-electron chi connectivity index (χ2n) is 4.56. The van der Waals surface area contributed by atoms with Gasteiger partial charge >= 0.3 is 35.8 Å². The fraction of sp³-hybridized carbons (Fsp3) is 0.167. The Balaban J connectivity index is 4.16. The standard InChI is InChI=1S/C12H8O12/c13-5(14)3-1-11(7(17)18,8(19)20)12(9(21)22,10(23)24)2-4(3)6(15)16/h1-2H,(H,13,14)(H,15,16)(H,17,18)(H,19,20)(H,21,22)(H,23,24). The number of aliphatic carboxylic acids is 6. The van der Waals surface area contributed by atoms with Crippen LogP contribution in [0.25, 0.3) is 0 Å². The maximum atomic E-state index is 11.5. The molecule has 0 unspecified atom stereocenters. The van der Waals surface area contributed by atoms with Crippen molar-refractivity contribution in [1.29, 1.82) is 0 Å². The molecular weight excluding hydrogens is 336 g/mol. The molecule has 0 saturated heterocycles. The number of carboxylic acids is 6. The molecule has 12 nitrogen and oxygen atoms in total. The highest BCUT2D eigenvalue weighted by Crippen LogP contribution is 2.49. The van der Waals surface area contributed by atoms with Gasteiger partial charge in [-0.05, 0) is 12.2 Å². The van der Waals surface area contributed by atoms with Gasteiger partial charge in [0.25, 0.3) is 0 Å². The molecule has 12 heteroatoms. The van der Waals surface area contributed by atoms with Gasteiger partial charge in [-0.2, -0.15) is 0 Å². The molecule has 0 saturated carbocycles. The summed E-state index contributed by atoms with van der Waals surface area (Å²) < 4.78 is 0. The molecule has 0 amide bonds. The number of hydrogen-bond acceptors (Lipinski definition) is 6. The van der Waals surface area contributed by atoms with E-state index in [1.807, 2.05) is 0 Å². The third-order valence-electron chi connectivity index (χ3n) is 3.44. The minimum atomic E-state index is -3.79. The van der Waals surface area contributed by atoms with E-state index in [1.165, 1.54) is 0 Å². The van der Waals surface area contributed by atoms with Crippen LogP contribution in [0.1, 0.15) is 0 Å². The van der Waals surface area contributed by atoms with Crippen molar-refractivity contribution in [3.8, 4) is 0 Å². The van der Waals surface area contributed by atoms with Gasteiger partial charge in [0.2, 0.25) is 10.8 Å². The van der Waals surface area contributed by atoms with Crippen LogP contribution in [0, 0.1) is 10.8 Å². The molecule has 0 aliphatic heterocycles. The maximum absolute atomic E-state index is 11.5. The van der Waals surface area contributed by atoms with Crippen molar-refractivity contribution in [3.05, 3.63) is 23.3 Å². The van der Waals surface area contributed by atoms with Crippen LogP contribution < -0.4 is 0 Å². The van der Waals surface area contributed by atoms with Gasteiger partial charge in [0.15, 0.2) is 0 Å². The molecule has 0 aromatic rings. The van der Waals surface area contributed by atoms with Gasteiger partial charge < -0.3 is 30.6 Å². The zero-order valence-electron chi connectivity index (χ0n) is 11.3. The molecule has 0 aromatic heterocycles. The van der Waals surface area contributed by atoms with Crippen LogP contribution in [0.5, 0.6) is 0 Å². The number of carboxylic acid groups (broad SMARTS) is 6. The largest absolute Gasteiger partial charge is 0.480 e. The zero-order valence-corrected chi connectivity index (χ0v) is 11.3. The highest BCUT2D eigenvalue weighted by atomic mass is 16.4. The van der Waals surface area contributed by atoms with Gasteiger partial charge in [-0.3, -0.25) is 19.2 Å². The predicted octanol–water partition coefficient (Wildman–Crippen LogP) is -1.67. The number of rotatable bonds is 6. The van der Waals surface area contributed by atoms with E-state index < -0.39 is 57.8 Å². The van der Waals surface area contributed by atoms with E-state index >= 15 is 0 Å². The molecule has 1 rings (SSSR count). The second-order valence-corrected chi connectivity index (χ2v) is 4.56. The summed E-state index contributed by atoms with van der Waals surface area (Å²) in [6, 6.07) is 0. The van der Waals surface area contributed by atoms with Gasteiger partial charge in [0, 0.05) is 0 Å². The van der Waals surface area contributed by atoms with E-state index in [0.717, 1.165) is 0 Å². The summed E-state index contributed by atoms with van der Waals surface area (Å²) >= 11 is 0. The summed E-state index contributed by atoms with van der Waals surface area (Å²) in [6.07, 6.45) is -0.405. The zero-order chi connectivity index (χ0) is 19.0. The van der Waals surface area contributed by atoms with E-state index in [4.69, 9.17) is 10.2 Å². The van der Waals surface area contributed by atoms with E-state index in [2.05, 4.69) is 0 Å². The average Bonchev–Trinajstić information content (AvgIpc) is 2.43. The molecule has 0 bridgehead atoms. The molecule has 0 fully saturated rings. The Labute approximate surface area is 130 Å². The summed E-state index contributed by atoms with van der Waals surface area (Å²) in [5, 5.41) is 54.7. The SMILES string of the molecule is O=C(O)C1=CC(C(=O)O)(C(=O)O)C(C(=O)O)(C(=O)O)C=C1C(=O)O. The van der Waals surface area contributed by atoms with E-state index in [0.29, 0.717) is 0 Å². The van der Waals surface area contributed by atoms with Crippen molar-refractivity contribution in [1.82, 2.24) is 0 Å². The molecule has 0 spiro atoms. The van der Waals surface area contributed by atoms with Crippen molar-refractivity contribution in [2.24, 2.45) is 10.8 Å². The van der Waals surface area contributed by atoms with Crippen molar-refractivity contribution >= 4 is 35.8 Å². The minimum absolute atomic E-state index is 0.203. The van der Waals surface area contributed by atoms with Gasteiger partial charge in [-0.25, -0.2) is 9.59 Å². The Morgan fingerprint density at radius 1 is 0.542 bits per heavy atom. The van der Waals surface area contributed by atoms with Crippen LogP contribution >= 0.6 is 0 Å². The van der Waals surface area contributed by atoms with E-state index in [-0.39, 0.29) is 12.2 Å². The Hall–Kier alpha value is -3.70. The molecule has 24 heavy (non-hydrogen) atoms. The van der Waals surface area contributed by atoms with Gasteiger partial charge in [-0.1, -0.05) is 0 Å². The van der Waals surface area contributed by atoms with Gasteiger partial charge in [0.05, 0.1) is 11.1 Å². The predicted molar refractivity (Wildman–Crippen MR) is 66.8 cm³/mol. The lowest BCUT2D eigenvalue weighted by molar-refractivity contribution is -0.186. The quantitative estimate of drug-likeness (QED) is 0.297. The van der Waals surface area contributed by atoms with Crippen molar-refractivity contribution < 1.29 is 59.4 Å². The molecule has 0 atom stereocenters. The van der Waals surface area contributed by atoms with Crippen LogP contribution in [-0.4, -0.2) is 66.5 Å². The first kappa shape index (κ1) is 18.3. The lowest BCUT2D eigenvalue weighted by Gasteiger charge is -2.37. The molecule has 1 aliphatic carbocycles. The molecule has 6 N–H and O–H groups in total. The first-order valence-corrected chi connectivity index (χ1v) is 5.72. The maximum Gasteiger partial charge on any atom is 0.336 e. The molecule has 128 valence electrons. The summed E-state index contributed by atoms with van der Waals surface area (Å²) in [5.41, 5.74) is -10.3. The summed E-state index contributed by atoms with van der Waals surface area (Å²) in [7, 11) is 0. The molecular formula is C12H8O12. The molecule has 1 aliphatic rings. The van der Waals surface area contributed by atoms with E-state index in [9.17, 15) is 49.2 Å². The minimum Gasteiger partial charge on any atom is -0.480 e. The van der Waals surface area contributed by atoms with Crippen molar-refractivity contribution in [3.63, 3.8) is 0 Å². The monoisotopic (exact) mass is 344 g/mol. The van der Waals surface area contributed by atoms with Crippen molar-refractivity contribution in [2.75, 3.05) is 0 Å². The molecule has 0 heterocycles. The summed E-state index contributed by atoms with van der Waals surface area (Å²) in [5.74, 6) is -14.2. The highest BCUT2D eigenvalue weighted by molar-refractivity contribution is 6.20. The normalized spacial score (nSPS) is 17.8. The van der Waals surface area contributed by atoms with Gasteiger partial charge in [0.1, 0.15) is 0 Å². The fourth-order valence-electron chi connectivity index (χ4n) is 2.27. The van der Waals surface area contributed by atoms with Crippen molar-refractivity contribution in [2.45, 2.75) is 0 Å². The van der Waals surface area contributed by atoms with Gasteiger partial charge in [-0.15, -0.1) is 0 Å². The Bertz CT molecular complexity index is 660. The van der Waals surface area contributed by atoms with Crippen LogP contribution in [0.15, 0.2) is 23.3 Å². The average molecular weight is 344 g/mol. The summed E-state index contributed by atoms with van der Waals surface area (Å²) in [6.45, 7) is 0. The van der Waals surface area contributed by atoms with Crippen LogP contribution in [0.3, 0.4) is 0 Å². The van der Waals surface area contributed by atoms with E-state index in [1.54, 1.807) is 0 Å².